The largest absolute Gasteiger partial charge is 0.510 e. The van der Waals surface area contributed by atoms with Crippen molar-refractivity contribution in [1.29, 1.82) is 0 Å². The molecule has 4 rings (SSSR count). The van der Waals surface area contributed by atoms with Gasteiger partial charge < -0.3 is 9.47 Å². The van der Waals surface area contributed by atoms with Crippen LogP contribution in [-0.2, 0) is 9.47 Å². The number of carbonyl (C=O) groups is 1. The van der Waals surface area contributed by atoms with Gasteiger partial charge in [-0.05, 0) is 87.4 Å². The first-order valence-corrected chi connectivity index (χ1v) is 11.6. The highest BCUT2D eigenvalue weighted by Crippen LogP contribution is 2.74. The molecule has 3 nitrogen and oxygen atoms in total. The normalized spacial score (nSPS) is 42.5. The minimum absolute atomic E-state index is 0.110. The maximum atomic E-state index is 16.3. The van der Waals surface area contributed by atoms with Crippen molar-refractivity contribution < 1.29 is 45.0 Å². The minimum Gasteiger partial charge on any atom is -0.429 e. The van der Waals surface area contributed by atoms with E-state index in [1.807, 2.05) is 6.92 Å². The van der Waals surface area contributed by atoms with E-state index < -0.39 is 47.7 Å². The third-order valence-electron chi connectivity index (χ3n) is 9.09. The molecule has 0 saturated heterocycles. The van der Waals surface area contributed by atoms with Gasteiger partial charge in [0, 0.05) is 6.42 Å². The molecule has 4 fully saturated rings. The molecule has 0 radical (unpaired) electrons. The van der Waals surface area contributed by atoms with Crippen molar-refractivity contribution in [2.45, 2.75) is 89.5 Å². The molecule has 190 valence electrons. The highest BCUT2D eigenvalue weighted by molar-refractivity contribution is 5.61. The van der Waals surface area contributed by atoms with Gasteiger partial charge in [-0.3, -0.25) is 0 Å². The summed E-state index contributed by atoms with van der Waals surface area (Å²) in [5.74, 6) is -0.0589. The van der Waals surface area contributed by atoms with Gasteiger partial charge in [0.25, 0.3) is 0 Å². The Labute approximate surface area is 188 Å². The first-order chi connectivity index (χ1) is 14.8. The first kappa shape index (κ1) is 24.9. The molecular weight excluding hydrogens is 457 g/mol. The van der Waals surface area contributed by atoms with Crippen LogP contribution in [0.5, 0.6) is 0 Å². The molecule has 0 N–H and O–H groups in total. The lowest BCUT2D eigenvalue weighted by Crippen LogP contribution is -2.64. The second-order valence-corrected chi connectivity index (χ2v) is 11.8. The standard InChI is InChI=1S/C23H31F7O3/c1-10-11(2)14-7-13(10)16-12-6-15(17(14)16)20(24,8-12)9-21(22(25,26)27,23(28,29)30)33-18(31)32-19(3,4)5/h10-17H,6-9H2,1-5H3. The fourth-order valence-electron chi connectivity index (χ4n) is 7.89. The molecule has 4 bridgehead atoms. The van der Waals surface area contributed by atoms with Crippen molar-refractivity contribution in [3.8, 4) is 0 Å². The van der Waals surface area contributed by atoms with Gasteiger partial charge >= 0.3 is 24.1 Å². The van der Waals surface area contributed by atoms with Gasteiger partial charge in [0.05, 0.1) is 0 Å². The summed E-state index contributed by atoms with van der Waals surface area (Å²) in [6, 6.07) is 0. The number of halogens is 7. The van der Waals surface area contributed by atoms with E-state index in [0.29, 0.717) is 11.8 Å². The summed E-state index contributed by atoms with van der Waals surface area (Å²) >= 11 is 0. The zero-order valence-electron chi connectivity index (χ0n) is 19.3. The predicted molar refractivity (Wildman–Crippen MR) is 104 cm³/mol. The van der Waals surface area contributed by atoms with Crippen LogP contribution in [0.3, 0.4) is 0 Å². The van der Waals surface area contributed by atoms with Crippen LogP contribution in [0.25, 0.3) is 0 Å². The molecule has 0 heterocycles. The van der Waals surface area contributed by atoms with Gasteiger partial charge in [-0.25, -0.2) is 9.18 Å². The van der Waals surface area contributed by atoms with E-state index >= 15 is 4.39 Å². The van der Waals surface area contributed by atoms with Crippen LogP contribution in [0.1, 0.15) is 60.3 Å². The molecule has 0 amide bonds. The van der Waals surface area contributed by atoms with Crippen LogP contribution in [-0.4, -0.2) is 35.4 Å². The van der Waals surface area contributed by atoms with Gasteiger partial charge in [-0.15, -0.1) is 0 Å². The van der Waals surface area contributed by atoms with Crippen molar-refractivity contribution in [3.05, 3.63) is 0 Å². The summed E-state index contributed by atoms with van der Waals surface area (Å²) in [5, 5.41) is 0. The van der Waals surface area contributed by atoms with Crippen molar-refractivity contribution in [3.63, 3.8) is 0 Å². The highest BCUT2D eigenvalue weighted by Gasteiger charge is 2.79. The van der Waals surface area contributed by atoms with Crippen molar-refractivity contribution in [1.82, 2.24) is 0 Å². The summed E-state index contributed by atoms with van der Waals surface area (Å²) in [5.41, 5.74) is -9.09. The summed E-state index contributed by atoms with van der Waals surface area (Å²) in [6.07, 6.45) is -15.5. The third kappa shape index (κ3) is 3.63. The van der Waals surface area contributed by atoms with Crippen LogP contribution in [0.2, 0.25) is 0 Å². The van der Waals surface area contributed by atoms with Gasteiger partial charge in [-0.1, -0.05) is 13.8 Å². The Bertz CT molecular complexity index is 787. The SMILES string of the molecule is CC1C(C)C2CC1C1C3CC(C21)C(F)(CC(OC(=O)OC(C)(C)C)(C(F)(F)F)C(F)(F)F)C3. The molecular formula is C23H31F7O3. The molecule has 0 aromatic carbocycles. The molecule has 4 aliphatic rings. The zero-order valence-corrected chi connectivity index (χ0v) is 19.3. The smallest absolute Gasteiger partial charge is 0.429 e. The lowest BCUT2D eigenvalue weighted by atomic mass is 9.60. The van der Waals surface area contributed by atoms with E-state index in [-0.39, 0.29) is 42.4 Å². The topological polar surface area (TPSA) is 35.5 Å². The van der Waals surface area contributed by atoms with E-state index in [4.69, 9.17) is 0 Å². The van der Waals surface area contributed by atoms with E-state index in [9.17, 15) is 31.1 Å². The van der Waals surface area contributed by atoms with E-state index in [2.05, 4.69) is 16.4 Å². The molecule has 10 heteroatoms. The fraction of sp³-hybridized carbons (Fsp3) is 0.957. The second-order valence-electron chi connectivity index (χ2n) is 11.8. The summed E-state index contributed by atoms with van der Waals surface area (Å²) in [4.78, 5) is 12.0. The predicted octanol–water partition coefficient (Wildman–Crippen LogP) is 7.09. The van der Waals surface area contributed by atoms with E-state index in [1.54, 1.807) is 0 Å². The number of carbonyl (C=O) groups excluding carboxylic acids is 1. The average molecular weight is 488 g/mol. The number of hydrogen-bond donors (Lipinski definition) is 0. The molecule has 0 aromatic rings. The zero-order chi connectivity index (χ0) is 24.9. The van der Waals surface area contributed by atoms with Crippen LogP contribution < -0.4 is 0 Å². The van der Waals surface area contributed by atoms with Gasteiger partial charge in [0.15, 0.2) is 0 Å². The van der Waals surface area contributed by atoms with Crippen molar-refractivity contribution in [2.75, 3.05) is 0 Å². The average Bonchev–Trinajstić information content (AvgIpc) is 3.29. The number of ether oxygens (including phenoxy) is 2. The second kappa shape index (κ2) is 7.15. The van der Waals surface area contributed by atoms with E-state index in [0.717, 1.165) is 6.42 Å². The summed E-state index contributed by atoms with van der Waals surface area (Å²) in [7, 11) is 0. The molecule has 0 spiro atoms. The minimum atomic E-state index is -6.07. The Morgan fingerprint density at radius 1 is 0.879 bits per heavy atom. The quantitative estimate of drug-likeness (QED) is 0.242. The highest BCUT2D eigenvalue weighted by atomic mass is 19.4. The molecule has 0 aromatic heterocycles. The first-order valence-electron chi connectivity index (χ1n) is 11.6. The molecule has 4 saturated carbocycles. The van der Waals surface area contributed by atoms with Gasteiger partial charge in [0.2, 0.25) is 0 Å². The Hall–Kier alpha value is -1.22. The van der Waals surface area contributed by atoms with Crippen LogP contribution in [0, 0.1) is 47.3 Å². The Kier molecular flexibility index (Phi) is 5.39. The fourth-order valence-corrected chi connectivity index (χ4v) is 7.89. The van der Waals surface area contributed by atoms with Crippen LogP contribution >= 0.6 is 0 Å². The maximum absolute atomic E-state index is 16.3. The molecule has 9 atom stereocenters. The van der Waals surface area contributed by atoms with E-state index in [1.165, 1.54) is 20.8 Å². The number of hydrogen-bond acceptors (Lipinski definition) is 3. The maximum Gasteiger partial charge on any atom is 0.510 e. The molecule has 33 heavy (non-hydrogen) atoms. The Morgan fingerprint density at radius 2 is 1.39 bits per heavy atom. The monoisotopic (exact) mass is 488 g/mol. The molecule has 9 unspecified atom stereocenters. The number of rotatable bonds is 3. The molecule has 0 aliphatic heterocycles. The Balaban J connectivity index is 1.67. The van der Waals surface area contributed by atoms with Crippen LogP contribution in [0.15, 0.2) is 0 Å². The van der Waals surface area contributed by atoms with Gasteiger partial charge in [0.1, 0.15) is 11.3 Å². The van der Waals surface area contributed by atoms with Crippen molar-refractivity contribution >= 4 is 6.16 Å². The Morgan fingerprint density at radius 3 is 1.88 bits per heavy atom. The number of alkyl halides is 7. The lowest BCUT2D eigenvalue weighted by Gasteiger charge is -2.48. The lowest BCUT2D eigenvalue weighted by molar-refractivity contribution is -0.379. The summed E-state index contributed by atoms with van der Waals surface area (Å²) < 4.78 is 109. The third-order valence-corrected chi connectivity index (χ3v) is 9.09. The van der Waals surface area contributed by atoms with Crippen molar-refractivity contribution in [2.24, 2.45) is 47.3 Å². The van der Waals surface area contributed by atoms with Crippen LogP contribution in [0.4, 0.5) is 35.5 Å². The summed E-state index contributed by atoms with van der Waals surface area (Å²) in [6.45, 7) is 8.01. The molecule has 4 aliphatic carbocycles. The van der Waals surface area contributed by atoms with Gasteiger partial charge in [-0.2, -0.15) is 26.3 Å². The number of fused-ring (bicyclic) bond motifs is 9.